The van der Waals surface area contributed by atoms with Crippen molar-refractivity contribution in [3.05, 3.63) is 0 Å². The minimum absolute atomic E-state index is 0.616. The first kappa shape index (κ1) is 14.3. The lowest BCUT2D eigenvalue weighted by Gasteiger charge is -2.42. The molecule has 3 heteroatoms. The van der Waals surface area contributed by atoms with E-state index >= 15 is 0 Å². The molecule has 1 heterocycles. The summed E-state index contributed by atoms with van der Waals surface area (Å²) in [4.78, 5) is 2.65. The van der Waals surface area contributed by atoms with Crippen LogP contribution in [-0.4, -0.2) is 41.1 Å². The molecule has 16 heavy (non-hydrogen) atoms. The van der Waals surface area contributed by atoms with Crippen LogP contribution in [0.2, 0.25) is 0 Å². The van der Waals surface area contributed by atoms with Gasteiger partial charge in [-0.25, -0.2) is 0 Å². The first-order chi connectivity index (χ1) is 7.70. The number of thioether (sulfide) groups is 1. The lowest BCUT2D eigenvalue weighted by atomic mass is 10.0. The standard InChI is InChI=1S/C13H28N2S/c1-4-5-6-7-13(10-14)15-8-9-16-12(3)11(15)2/h11-13H,4-10,14H2,1-3H3. The second-order valence-electron chi connectivity index (χ2n) is 4.94. The summed E-state index contributed by atoms with van der Waals surface area (Å²) >= 11 is 2.10. The van der Waals surface area contributed by atoms with E-state index in [1.807, 2.05) is 0 Å². The Balaban J connectivity index is 2.43. The van der Waals surface area contributed by atoms with E-state index in [2.05, 4.69) is 37.4 Å². The van der Waals surface area contributed by atoms with Crippen molar-refractivity contribution in [1.29, 1.82) is 0 Å². The molecule has 1 aliphatic heterocycles. The van der Waals surface area contributed by atoms with E-state index in [0.29, 0.717) is 12.1 Å². The summed E-state index contributed by atoms with van der Waals surface area (Å²) in [6.07, 6.45) is 5.28. The Morgan fingerprint density at radius 3 is 2.75 bits per heavy atom. The van der Waals surface area contributed by atoms with Gasteiger partial charge in [-0.1, -0.05) is 33.1 Å². The number of hydrogen-bond donors (Lipinski definition) is 1. The lowest BCUT2D eigenvalue weighted by Crippen LogP contribution is -2.52. The molecule has 0 saturated carbocycles. The first-order valence-electron chi connectivity index (χ1n) is 6.78. The van der Waals surface area contributed by atoms with Crippen LogP contribution in [0.5, 0.6) is 0 Å². The van der Waals surface area contributed by atoms with Gasteiger partial charge in [-0.2, -0.15) is 11.8 Å². The zero-order chi connectivity index (χ0) is 12.0. The average Bonchev–Trinajstić information content (AvgIpc) is 2.29. The Kier molecular flexibility index (Phi) is 6.78. The van der Waals surface area contributed by atoms with E-state index in [0.717, 1.165) is 11.8 Å². The van der Waals surface area contributed by atoms with Crippen molar-refractivity contribution in [3.63, 3.8) is 0 Å². The normalized spacial score (nSPS) is 29.2. The molecule has 0 aromatic heterocycles. The third kappa shape index (κ3) is 3.94. The number of nitrogens with two attached hydrogens (primary N) is 1. The average molecular weight is 244 g/mol. The molecule has 2 N–H and O–H groups in total. The molecule has 1 rings (SSSR count). The van der Waals surface area contributed by atoms with Gasteiger partial charge in [0.25, 0.3) is 0 Å². The van der Waals surface area contributed by atoms with Gasteiger partial charge in [0.05, 0.1) is 0 Å². The molecule has 3 atom stereocenters. The maximum atomic E-state index is 5.95. The van der Waals surface area contributed by atoms with Gasteiger partial charge in [0, 0.05) is 36.2 Å². The minimum Gasteiger partial charge on any atom is -0.329 e. The van der Waals surface area contributed by atoms with Gasteiger partial charge in [0.15, 0.2) is 0 Å². The molecule has 0 radical (unpaired) electrons. The molecule has 0 aromatic rings. The molecule has 0 bridgehead atoms. The predicted molar refractivity (Wildman–Crippen MR) is 75.1 cm³/mol. The third-order valence-corrected chi connectivity index (χ3v) is 5.15. The van der Waals surface area contributed by atoms with Gasteiger partial charge in [0.2, 0.25) is 0 Å². The van der Waals surface area contributed by atoms with Gasteiger partial charge in [-0.15, -0.1) is 0 Å². The zero-order valence-electron chi connectivity index (χ0n) is 11.1. The topological polar surface area (TPSA) is 29.3 Å². The molecular weight excluding hydrogens is 216 g/mol. The van der Waals surface area contributed by atoms with Crippen LogP contribution < -0.4 is 5.73 Å². The van der Waals surface area contributed by atoms with Crippen LogP contribution >= 0.6 is 11.8 Å². The quantitative estimate of drug-likeness (QED) is 0.729. The van der Waals surface area contributed by atoms with Crippen LogP contribution in [-0.2, 0) is 0 Å². The van der Waals surface area contributed by atoms with Crippen molar-refractivity contribution in [3.8, 4) is 0 Å². The number of rotatable bonds is 6. The largest absolute Gasteiger partial charge is 0.329 e. The number of unbranched alkanes of at least 4 members (excludes halogenated alkanes) is 2. The van der Waals surface area contributed by atoms with E-state index in [4.69, 9.17) is 5.73 Å². The smallest absolute Gasteiger partial charge is 0.0222 e. The van der Waals surface area contributed by atoms with Crippen LogP contribution in [0.1, 0.15) is 46.5 Å². The molecule has 0 spiro atoms. The summed E-state index contributed by atoms with van der Waals surface area (Å²) < 4.78 is 0. The van der Waals surface area contributed by atoms with Crippen LogP contribution in [0.15, 0.2) is 0 Å². The van der Waals surface area contributed by atoms with Crippen molar-refractivity contribution in [2.45, 2.75) is 63.8 Å². The molecule has 0 aromatic carbocycles. The van der Waals surface area contributed by atoms with Crippen molar-refractivity contribution in [2.24, 2.45) is 5.73 Å². The maximum absolute atomic E-state index is 5.95. The summed E-state index contributed by atoms with van der Waals surface area (Å²) in [5.74, 6) is 1.27. The highest BCUT2D eigenvalue weighted by Gasteiger charge is 2.29. The SMILES string of the molecule is CCCCCC(CN)N1CCSC(C)C1C. The summed E-state index contributed by atoms with van der Waals surface area (Å²) in [6, 6.07) is 1.30. The summed E-state index contributed by atoms with van der Waals surface area (Å²) in [5.41, 5.74) is 5.95. The highest BCUT2D eigenvalue weighted by molar-refractivity contribution is 8.00. The van der Waals surface area contributed by atoms with Gasteiger partial charge < -0.3 is 5.73 Å². The molecule has 3 unspecified atom stereocenters. The fourth-order valence-electron chi connectivity index (χ4n) is 2.52. The van der Waals surface area contributed by atoms with E-state index in [9.17, 15) is 0 Å². The maximum Gasteiger partial charge on any atom is 0.0222 e. The van der Waals surface area contributed by atoms with Crippen LogP contribution in [0, 0.1) is 0 Å². The minimum atomic E-state index is 0.616. The fourth-order valence-corrected chi connectivity index (χ4v) is 3.64. The van der Waals surface area contributed by atoms with Gasteiger partial charge >= 0.3 is 0 Å². The highest BCUT2D eigenvalue weighted by Crippen LogP contribution is 2.27. The highest BCUT2D eigenvalue weighted by atomic mass is 32.2. The van der Waals surface area contributed by atoms with Crippen molar-refractivity contribution in [1.82, 2.24) is 4.90 Å². The molecule has 2 nitrogen and oxygen atoms in total. The van der Waals surface area contributed by atoms with Crippen molar-refractivity contribution >= 4 is 11.8 Å². The zero-order valence-corrected chi connectivity index (χ0v) is 11.9. The Morgan fingerprint density at radius 2 is 2.12 bits per heavy atom. The lowest BCUT2D eigenvalue weighted by molar-refractivity contribution is 0.141. The second kappa shape index (κ2) is 7.57. The molecule has 1 aliphatic rings. The summed E-state index contributed by atoms with van der Waals surface area (Å²) in [7, 11) is 0. The van der Waals surface area contributed by atoms with E-state index < -0.39 is 0 Å². The number of nitrogens with zero attached hydrogens (tertiary/aromatic N) is 1. The van der Waals surface area contributed by atoms with Gasteiger partial charge in [-0.3, -0.25) is 4.90 Å². The molecule has 1 fully saturated rings. The van der Waals surface area contributed by atoms with E-state index in [1.165, 1.54) is 38.0 Å². The Bertz CT molecular complexity index is 187. The predicted octanol–water partition coefficient (Wildman–Crippen LogP) is 2.72. The Hall–Kier alpha value is 0.270. The van der Waals surface area contributed by atoms with Crippen molar-refractivity contribution in [2.75, 3.05) is 18.8 Å². The fraction of sp³-hybridized carbons (Fsp3) is 1.00. The molecule has 0 aliphatic carbocycles. The van der Waals surface area contributed by atoms with E-state index in [1.54, 1.807) is 0 Å². The van der Waals surface area contributed by atoms with Crippen LogP contribution in [0.25, 0.3) is 0 Å². The first-order valence-corrected chi connectivity index (χ1v) is 7.83. The van der Waals surface area contributed by atoms with Crippen LogP contribution in [0.4, 0.5) is 0 Å². The van der Waals surface area contributed by atoms with Gasteiger partial charge in [-0.05, 0) is 13.3 Å². The molecule has 96 valence electrons. The van der Waals surface area contributed by atoms with Crippen molar-refractivity contribution < 1.29 is 0 Å². The van der Waals surface area contributed by atoms with Crippen LogP contribution in [0.3, 0.4) is 0 Å². The third-order valence-electron chi connectivity index (χ3n) is 3.81. The molecular formula is C13H28N2S. The summed E-state index contributed by atoms with van der Waals surface area (Å²) in [6.45, 7) is 9.02. The molecule has 1 saturated heterocycles. The monoisotopic (exact) mass is 244 g/mol. The van der Waals surface area contributed by atoms with Gasteiger partial charge in [0.1, 0.15) is 0 Å². The Morgan fingerprint density at radius 1 is 1.38 bits per heavy atom. The number of hydrogen-bond acceptors (Lipinski definition) is 3. The Labute approximate surface area is 105 Å². The van der Waals surface area contributed by atoms with E-state index in [-0.39, 0.29) is 0 Å². The molecule has 0 amide bonds. The summed E-state index contributed by atoms with van der Waals surface area (Å²) in [5, 5.41) is 0.758. The second-order valence-corrected chi connectivity index (χ2v) is 6.42.